The van der Waals surface area contributed by atoms with Gasteiger partial charge in [0.2, 0.25) is 0 Å². The zero-order chi connectivity index (χ0) is 48.2. The largest absolute Gasteiger partial charge is 0.498 e. The van der Waals surface area contributed by atoms with Crippen molar-refractivity contribution in [2.45, 2.75) is 66.6 Å². The van der Waals surface area contributed by atoms with E-state index in [4.69, 9.17) is 37.5 Å². The lowest BCUT2D eigenvalue weighted by molar-refractivity contribution is 0.00578. The molecule has 338 valence electrons. The van der Waals surface area contributed by atoms with E-state index in [-0.39, 0.29) is 18.3 Å². The lowest BCUT2D eigenvalue weighted by atomic mass is 9.82. The quantitative estimate of drug-likeness (QED) is 0.165. The Morgan fingerprint density at radius 2 is 1.12 bits per heavy atom. The fourth-order valence-electron chi connectivity index (χ4n) is 8.42. The number of pyridine rings is 2. The summed E-state index contributed by atoms with van der Waals surface area (Å²) in [5.41, 5.74) is 13.4. The van der Waals surface area contributed by atoms with Gasteiger partial charge in [-0.25, -0.2) is 0 Å². The molecule has 0 bridgehead atoms. The number of halogens is 3. The molecule has 68 heavy (non-hydrogen) atoms. The maximum Gasteiger partial charge on any atom is 0.498 e. The van der Waals surface area contributed by atoms with E-state index in [2.05, 4.69) is 75.6 Å². The van der Waals surface area contributed by atoms with Crippen LogP contribution >= 0.6 is 39.1 Å². The van der Waals surface area contributed by atoms with Crippen molar-refractivity contribution in [1.29, 1.82) is 10.5 Å². The van der Waals surface area contributed by atoms with Gasteiger partial charge < -0.3 is 18.4 Å². The topological polar surface area (TPSA) is 159 Å². The van der Waals surface area contributed by atoms with Crippen LogP contribution in [0.25, 0.3) is 66.1 Å². The second-order valence-electron chi connectivity index (χ2n) is 17.7. The molecule has 1 aliphatic rings. The van der Waals surface area contributed by atoms with Crippen LogP contribution < -0.4 is 5.46 Å². The number of H-pyrrole nitrogens is 2. The Balaban J connectivity index is 0.000000135. The molecule has 10 aromatic rings. The number of hydrogen-bond donors (Lipinski definition) is 2. The third-order valence-corrected chi connectivity index (χ3v) is 13.9. The Labute approximate surface area is 411 Å². The summed E-state index contributed by atoms with van der Waals surface area (Å²) >= 11 is 16.1. The summed E-state index contributed by atoms with van der Waals surface area (Å²) in [6.45, 7) is 16.2. The van der Waals surface area contributed by atoms with E-state index >= 15 is 0 Å². The highest BCUT2D eigenvalue weighted by Crippen LogP contribution is 2.38. The minimum absolute atomic E-state index is 0.283. The summed E-state index contributed by atoms with van der Waals surface area (Å²) in [4.78, 5) is 9.40. The molecule has 0 saturated carbocycles. The van der Waals surface area contributed by atoms with Gasteiger partial charge in [0, 0.05) is 89.5 Å². The summed E-state index contributed by atoms with van der Waals surface area (Å²) in [6.07, 6.45) is 10.9. The van der Waals surface area contributed by atoms with Crippen molar-refractivity contribution in [1.82, 2.24) is 39.5 Å². The fraction of sp³-hybridized carbons (Fsp3) is 0.192. The van der Waals surface area contributed by atoms with Crippen LogP contribution in [-0.2, 0) is 9.31 Å². The Bertz CT molecular complexity index is 3650. The molecular formula is C52H44BBrCl2N10O2. The van der Waals surface area contributed by atoms with E-state index < -0.39 is 0 Å². The molecular weight excluding hydrogens is 958 g/mol. The normalized spacial score (nSPS) is 13.9. The third-order valence-electron chi connectivity index (χ3n) is 13.0. The van der Waals surface area contributed by atoms with Crippen molar-refractivity contribution in [3.8, 4) is 34.6 Å². The molecule has 1 aliphatic heterocycles. The third kappa shape index (κ3) is 8.44. The van der Waals surface area contributed by atoms with Crippen LogP contribution in [0.1, 0.15) is 61.3 Å². The molecule has 1 saturated heterocycles. The summed E-state index contributed by atoms with van der Waals surface area (Å²) in [7, 11) is -0.307. The smallest absolute Gasteiger partial charge is 0.399 e. The number of nitriles is 2. The number of benzene rings is 4. The SMILES string of the molecule is CC1(C)OB(c2cn[nH]c2)OC1(C)C.Cc1nc2ccc(Cl)cc2c(-n2cc(C#N)c3ccc(-c4cn[nH]c4)cc32)c1C.Cc1nc2ccc(Cl)cc2c(-n2cc(C#N)c3ccc(Br)cc32)c1C. The Morgan fingerprint density at radius 3 is 1.60 bits per heavy atom. The van der Waals surface area contributed by atoms with Gasteiger partial charge in [0.25, 0.3) is 0 Å². The van der Waals surface area contributed by atoms with Crippen molar-refractivity contribution >= 4 is 95.3 Å². The van der Waals surface area contributed by atoms with E-state index in [0.29, 0.717) is 21.2 Å². The van der Waals surface area contributed by atoms with Gasteiger partial charge in [0.05, 0.1) is 62.0 Å². The molecule has 1 fully saturated rings. The average molecular weight is 1000 g/mol. The van der Waals surface area contributed by atoms with E-state index in [0.717, 1.165) is 98.6 Å². The van der Waals surface area contributed by atoms with Gasteiger partial charge >= 0.3 is 7.12 Å². The fourth-order valence-corrected chi connectivity index (χ4v) is 9.11. The molecule has 0 spiro atoms. The molecule has 6 aromatic heterocycles. The van der Waals surface area contributed by atoms with Gasteiger partial charge in [-0.3, -0.25) is 20.2 Å². The molecule has 0 amide bonds. The Morgan fingerprint density at radius 1 is 0.618 bits per heavy atom. The summed E-state index contributed by atoms with van der Waals surface area (Å²) < 4.78 is 16.8. The van der Waals surface area contributed by atoms with E-state index in [1.165, 1.54) is 0 Å². The molecule has 11 rings (SSSR count). The number of aromatic nitrogens is 8. The number of rotatable bonds is 4. The van der Waals surface area contributed by atoms with Crippen molar-refractivity contribution in [2.24, 2.45) is 0 Å². The molecule has 7 heterocycles. The molecule has 16 heteroatoms. The summed E-state index contributed by atoms with van der Waals surface area (Å²) in [5.74, 6) is 0. The standard InChI is InChI=1S/C23H16ClN5.C20H13BrClN3.C9H15BN2O2/c1-13-14(2)28-21-6-4-18(24)8-20(21)23(13)29-12-16(9-25)19-5-3-15(7-22(19)29)17-10-26-27-11-17;1-11-12(2)24-18-6-4-15(22)8-17(18)20(11)25-10-13(9-23)16-5-3-14(21)7-19(16)25;1-8(2)9(3,4)14-10(13-8)7-5-11-12-6-7/h3-8,10-12H,1-2H3,(H,26,27);3-8,10H,1-2H3;5-6H,1-4H3,(H,11,12). The van der Waals surface area contributed by atoms with E-state index in [9.17, 15) is 10.5 Å². The molecule has 0 aliphatic carbocycles. The van der Waals surface area contributed by atoms with Crippen LogP contribution in [0.15, 0.2) is 114 Å². The second kappa shape index (κ2) is 18.0. The van der Waals surface area contributed by atoms with Crippen molar-refractivity contribution in [3.63, 3.8) is 0 Å². The van der Waals surface area contributed by atoms with Crippen LogP contribution in [0.5, 0.6) is 0 Å². The summed E-state index contributed by atoms with van der Waals surface area (Å²) in [6, 6.07) is 28.1. The monoisotopic (exact) mass is 1000 g/mol. The van der Waals surface area contributed by atoms with E-state index in [1.54, 1.807) is 18.6 Å². The Hall–Kier alpha value is -6.78. The molecule has 0 unspecified atom stereocenters. The first-order valence-electron chi connectivity index (χ1n) is 21.7. The van der Waals surface area contributed by atoms with Gasteiger partial charge in [0.1, 0.15) is 12.1 Å². The number of aryl methyl sites for hydroxylation is 2. The first-order chi connectivity index (χ1) is 32.5. The average Bonchev–Trinajstić information content (AvgIpc) is 4.17. The number of nitrogens with zero attached hydrogens (tertiary/aromatic N) is 8. The highest BCUT2D eigenvalue weighted by Gasteiger charge is 2.52. The summed E-state index contributed by atoms with van der Waals surface area (Å²) in [5, 5.41) is 37.9. The minimum Gasteiger partial charge on any atom is -0.399 e. The van der Waals surface area contributed by atoms with Gasteiger partial charge in [-0.05, 0) is 127 Å². The van der Waals surface area contributed by atoms with Gasteiger partial charge in [-0.2, -0.15) is 20.7 Å². The predicted octanol–water partition coefficient (Wildman–Crippen LogP) is 12.5. The molecule has 0 atom stereocenters. The first-order valence-corrected chi connectivity index (χ1v) is 23.3. The van der Waals surface area contributed by atoms with Crippen LogP contribution in [0.2, 0.25) is 10.0 Å². The molecule has 2 N–H and O–H groups in total. The van der Waals surface area contributed by atoms with Crippen molar-refractivity contribution in [3.05, 3.63) is 158 Å². The first kappa shape index (κ1) is 46.3. The van der Waals surface area contributed by atoms with Gasteiger partial charge in [-0.15, -0.1) is 0 Å². The zero-order valence-electron chi connectivity index (χ0n) is 38.5. The van der Waals surface area contributed by atoms with Crippen LogP contribution in [0.4, 0.5) is 0 Å². The van der Waals surface area contributed by atoms with Crippen molar-refractivity contribution < 1.29 is 9.31 Å². The van der Waals surface area contributed by atoms with Gasteiger partial charge in [0.15, 0.2) is 0 Å². The van der Waals surface area contributed by atoms with Crippen LogP contribution in [0, 0.1) is 50.4 Å². The van der Waals surface area contributed by atoms with Crippen molar-refractivity contribution in [2.75, 3.05) is 0 Å². The maximum atomic E-state index is 9.72. The van der Waals surface area contributed by atoms with E-state index in [1.807, 2.05) is 134 Å². The molecule has 0 radical (unpaired) electrons. The van der Waals surface area contributed by atoms with Gasteiger partial charge in [-0.1, -0.05) is 57.3 Å². The maximum absolute atomic E-state index is 9.72. The number of fused-ring (bicyclic) bond motifs is 4. The highest BCUT2D eigenvalue weighted by atomic mass is 79.9. The molecule has 12 nitrogen and oxygen atoms in total. The zero-order valence-corrected chi connectivity index (χ0v) is 41.6. The lowest BCUT2D eigenvalue weighted by Gasteiger charge is -2.32. The van der Waals surface area contributed by atoms with Crippen LogP contribution in [-0.4, -0.2) is 57.8 Å². The minimum atomic E-state index is -0.307. The Kier molecular flexibility index (Phi) is 12.3. The predicted molar refractivity (Wildman–Crippen MR) is 275 cm³/mol. The number of aromatic amines is 2. The molecule has 4 aromatic carbocycles. The second-order valence-corrected chi connectivity index (χ2v) is 19.5. The highest BCUT2D eigenvalue weighted by molar-refractivity contribution is 9.10. The number of hydrogen-bond acceptors (Lipinski definition) is 8. The van der Waals surface area contributed by atoms with Crippen LogP contribution in [0.3, 0.4) is 0 Å². The lowest BCUT2D eigenvalue weighted by Crippen LogP contribution is -2.41. The number of nitrogens with one attached hydrogen (secondary N) is 2.